The fraction of sp³-hybridized carbons (Fsp3) is 0.393. The smallest absolute Gasteiger partial charge is 0.493 e. The molecule has 1 heterocycles. The number of fused-ring (bicyclic) bond motifs is 1. The Kier molecular flexibility index (Phi) is 9.07. The minimum absolute atomic E-state index is 0.0610. The number of halogens is 3. The molecule has 1 atom stereocenters. The van der Waals surface area contributed by atoms with E-state index >= 15 is 0 Å². The lowest BCUT2D eigenvalue weighted by atomic mass is 10.0. The van der Waals surface area contributed by atoms with Crippen molar-refractivity contribution in [3.05, 3.63) is 60.2 Å². The van der Waals surface area contributed by atoms with Gasteiger partial charge >= 0.3 is 12.3 Å². The van der Waals surface area contributed by atoms with Crippen LogP contribution in [0.2, 0.25) is 0 Å². The van der Waals surface area contributed by atoms with Crippen LogP contribution in [-0.2, 0) is 16.0 Å². The first-order chi connectivity index (χ1) is 17.1. The second kappa shape index (κ2) is 12.0. The summed E-state index contributed by atoms with van der Waals surface area (Å²) >= 11 is 0. The van der Waals surface area contributed by atoms with E-state index in [2.05, 4.69) is 18.2 Å². The molecule has 36 heavy (non-hydrogen) atoms. The van der Waals surface area contributed by atoms with Crippen molar-refractivity contribution in [1.82, 2.24) is 0 Å². The molecule has 1 aromatic heterocycles. The third-order valence-electron chi connectivity index (χ3n) is 5.48. The molecule has 2 aromatic carbocycles. The molecule has 0 aliphatic heterocycles. The van der Waals surface area contributed by atoms with Crippen LogP contribution in [0.1, 0.15) is 45.6 Å². The van der Waals surface area contributed by atoms with E-state index in [9.17, 15) is 18.0 Å². The Balaban J connectivity index is 1.76. The molecule has 0 spiro atoms. The Hall–Kier alpha value is -3.42. The van der Waals surface area contributed by atoms with Gasteiger partial charge in [-0.1, -0.05) is 39.3 Å². The summed E-state index contributed by atoms with van der Waals surface area (Å²) in [5.74, 6) is -0.00502. The number of ether oxygens (including phenoxy) is 3. The number of hydrogen-bond acceptors (Lipinski definition) is 5. The molecule has 1 unspecified atom stereocenters. The molecule has 0 bridgehead atoms. The normalized spacial score (nSPS) is 12.4. The van der Waals surface area contributed by atoms with Crippen LogP contribution < -0.4 is 9.47 Å². The van der Waals surface area contributed by atoms with Crippen molar-refractivity contribution in [2.45, 2.75) is 52.8 Å². The van der Waals surface area contributed by atoms with E-state index in [0.717, 1.165) is 24.8 Å². The summed E-state index contributed by atoms with van der Waals surface area (Å²) < 4.78 is 60.5. The van der Waals surface area contributed by atoms with Gasteiger partial charge in [-0.2, -0.15) is 0 Å². The predicted octanol–water partition coefficient (Wildman–Crippen LogP) is 7.87. The zero-order valence-electron chi connectivity index (χ0n) is 20.7. The van der Waals surface area contributed by atoms with Crippen LogP contribution in [0.3, 0.4) is 0 Å². The number of furan rings is 1. The minimum Gasteiger partial charge on any atom is -0.493 e. The van der Waals surface area contributed by atoms with Crippen molar-refractivity contribution in [2.75, 3.05) is 13.2 Å². The summed E-state index contributed by atoms with van der Waals surface area (Å²) in [6, 6.07) is 11.7. The second-order valence-corrected chi connectivity index (χ2v) is 8.94. The van der Waals surface area contributed by atoms with Gasteiger partial charge in [0, 0.05) is 22.9 Å². The van der Waals surface area contributed by atoms with Crippen LogP contribution in [0.5, 0.6) is 11.5 Å². The Morgan fingerprint density at radius 2 is 1.86 bits per heavy atom. The zero-order valence-corrected chi connectivity index (χ0v) is 20.7. The van der Waals surface area contributed by atoms with Crippen molar-refractivity contribution in [1.29, 1.82) is 0 Å². The Morgan fingerprint density at radius 1 is 1.08 bits per heavy atom. The zero-order chi connectivity index (χ0) is 26.3. The number of alkyl halides is 3. The lowest BCUT2D eigenvalue weighted by molar-refractivity contribution is -0.274. The van der Waals surface area contributed by atoms with Gasteiger partial charge in [0.25, 0.3) is 0 Å². The summed E-state index contributed by atoms with van der Waals surface area (Å²) in [6.45, 7) is 9.56. The number of carbonyl (C=O) groups excluding carboxylic acids is 1. The first kappa shape index (κ1) is 27.2. The van der Waals surface area contributed by atoms with E-state index in [1.165, 1.54) is 6.07 Å². The average Bonchev–Trinajstić information content (AvgIpc) is 3.23. The van der Waals surface area contributed by atoms with Crippen molar-refractivity contribution >= 4 is 16.9 Å². The third-order valence-corrected chi connectivity index (χ3v) is 5.48. The molecule has 0 aliphatic rings. The van der Waals surface area contributed by atoms with Crippen molar-refractivity contribution in [3.8, 4) is 22.8 Å². The Morgan fingerprint density at radius 3 is 2.56 bits per heavy atom. The molecule has 3 rings (SSSR count). The number of aryl methyl sites for hydroxylation is 1. The van der Waals surface area contributed by atoms with Gasteiger partial charge < -0.3 is 18.6 Å². The molecule has 3 aromatic rings. The average molecular weight is 505 g/mol. The standard InChI is InChI=1S/C28H31F3O5/c1-5-6-7-8-20-9-12-23(26(13-20)36-28(29,30)31)25-14-21-10-11-22(15-24(21)35-25)33-16-19(4)17-34-27(32)18(2)3/h9-15,19H,2,5-8,16-17H2,1,3-4H3. The van der Waals surface area contributed by atoms with Gasteiger partial charge in [0.2, 0.25) is 0 Å². The highest BCUT2D eigenvalue weighted by atomic mass is 19.4. The molecule has 5 nitrogen and oxygen atoms in total. The van der Waals surface area contributed by atoms with E-state index in [-0.39, 0.29) is 29.6 Å². The van der Waals surface area contributed by atoms with Gasteiger partial charge in [-0.3, -0.25) is 0 Å². The van der Waals surface area contributed by atoms with Gasteiger partial charge in [0.15, 0.2) is 0 Å². The van der Waals surface area contributed by atoms with Gasteiger partial charge in [-0.05, 0) is 55.7 Å². The maximum Gasteiger partial charge on any atom is 0.573 e. The van der Waals surface area contributed by atoms with Gasteiger partial charge in [0.05, 0.1) is 18.8 Å². The lowest BCUT2D eigenvalue weighted by Gasteiger charge is -2.14. The highest BCUT2D eigenvalue weighted by molar-refractivity contribution is 5.87. The maximum absolute atomic E-state index is 13.1. The van der Waals surface area contributed by atoms with Crippen molar-refractivity contribution in [3.63, 3.8) is 0 Å². The summed E-state index contributed by atoms with van der Waals surface area (Å²) in [7, 11) is 0. The number of rotatable bonds is 12. The first-order valence-corrected chi connectivity index (χ1v) is 11.9. The van der Waals surface area contributed by atoms with E-state index < -0.39 is 12.3 Å². The minimum atomic E-state index is -4.82. The van der Waals surface area contributed by atoms with Crippen LogP contribution in [0.15, 0.2) is 59.0 Å². The van der Waals surface area contributed by atoms with Gasteiger partial charge in [-0.15, -0.1) is 13.2 Å². The lowest BCUT2D eigenvalue weighted by Crippen LogP contribution is -2.18. The topological polar surface area (TPSA) is 57.9 Å². The van der Waals surface area contributed by atoms with Crippen LogP contribution in [0.25, 0.3) is 22.3 Å². The fourth-order valence-electron chi connectivity index (χ4n) is 3.58. The van der Waals surface area contributed by atoms with Crippen LogP contribution in [0.4, 0.5) is 13.2 Å². The third kappa shape index (κ3) is 7.80. The number of esters is 1. The van der Waals surface area contributed by atoms with E-state index in [4.69, 9.17) is 13.9 Å². The van der Waals surface area contributed by atoms with Crippen LogP contribution in [0, 0.1) is 5.92 Å². The van der Waals surface area contributed by atoms with Crippen molar-refractivity contribution in [2.24, 2.45) is 5.92 Å². The highest BCUT2D eigenvalue weighted by Gasteiger charge is 2.33. The molecule has 0 saturated carbocycles. The SMILES string of the molecule is C=C(C)C(=O)OCC(C)COc1ccc2cc(-c3ccc(CCCCC)cc3OC(F)(F)F)oc2c1. The molecule has 0 aliphatic carbocycles. The molecule has 8 heteroatoms. The molecule has 0 fully saturated rings. The predicted molar refractivity (Wildman–Crippen MR) is 132 cm³/mol. The molecule has 0 saturated heterocycles. The Bertz CT molecular complexity index is 1200. The van der Waals surface area contributed by atoms with E-state index in [1.807, 2.05) is 6.92 Å². The molecular formula is C28H31F3O5. The molecule has 0 amide bonds. The molecular weight excluding hydrogens is 473 g/mol. The van der Waals surface area contributed by atoms with E-state index in [0.29, 0.717) is 35.3 Å². The van der Waals surface area contributed by atoms with Gasteiger partial charge in [-0.25, -0.2) is 4.79 Å². The molecule has 194 valence electrons. The summed E-state index contributed by atoms with van der Waals surface area (Å²) in [4.78, 5) is 11.5. The monoisotopic (exact) mass is 504 g/mol. The highest BCUT2D eigenvalue weighted by Crippen LogP contribution is 2.38. The number of benzene rings is 2. The quantitative estimate of drug-likeness (QED) is 0.143. The maximum atomic E-state index is 13.1. The fourth-order valence-corrected chi connectivity index (χ4v) is 3.58. The van der Waals surface area contributed by atoms with Crippen LogP contribution >= 0.6 is 0 Å². The molecule has 0 radical (unpaired) electrons. The number of hydrogen-bond donors (Lipinski definition) is 0. The van der Waals surface area contributed by atoms with Crippen LogP contribution in [-0.4, -0.2) is 25.5 Å². The first-order valence-electron chi connectivity index (χ1n) is 11.9. The number of carbonyl (C=O) groups is 1. The molecule has 0 N–H and O–H groups in total. The van der Waals surface area contributed by atoms with Gasteiger partial charge in [0.1, 0.15) is 22.8 Å². The van der Waals surface area contributed by atoms with Crippen molar-refractivity contribution < 1.29 is 36.6 Å². The second-order valence-electron chi connectivity index (χ2n) is 8.94. The summed E-state index contributed by atoms with van der Waals surface area (Å²) in [5.41, 5.74) is 1.80. The summed E-state index contributed by atoms with van der Waals surface area (Å²) in [5, 5.41) is 0.714. The van der Waals surface area contributed by atoms with E-state index in [1.54, 1.807) is 43.3 Å². The largest absolute Gasteiger partial charge is 0.573 e. The summed E-state index contributed by atoms with van der Waals surface area (Å²) in [6.07, 6.45) is -1.23. The Labute approximate surface area is 208 Å². The number of unbranched alkanes of at least 4 members (excludes halogenated alkanes) is 2.